The van der Waals surface area contributed by atoms with E-state index in [1.165, 1.54) is 62.2 Å². The van der Waals surface area contributed by atoms with Gasteiger partial charge in [0.2, 0.25) is 0 Å². The number of H-pyrrole nitrogens is 1. The first-order valence-corrected chi connectivity index (χ1v) is 38.2. The van der Waals surface area contributed by atoms with Crippen molar-refractivity contribution in [3.63, 3.8) is 0 Å². The predicted octanol–water partition coefficient (Wildman–Crippen LogP) is 12.7. The minimum Gasteiger partial charge on any atom is -0.476 e. The van der Waals surface area contributed by atoms with Gasteiger partial charge in [0.25, 0.3) is 32.1 Å². The molecule has 3 unspecified atom stereocenters. The number of anilines is 5. The number of aromatic carboxylic acids is 1. The van der Waals surface area contributed by atoms with E-state index in [0.29, 0.717) is 35.9 Å². The van der Waals surface area contributed by atoms with Gasteiger partial charge >= 0.3 is 11.9 Å². The number of carbonyl (C=O) groups excluding carboxylic acids is 1. The Morgan fingerprint density at radius 2 is 0.902 bits per heavy atom. The number of carboxylic acid groups (broad SMARTS) is 1. The van der Waals surface area contributed by atoms with Crippen molar-refractivity contribution in [2.75, 3.05) is 33.7 Å². The second-order valence-corrected chi connectivity index (χ2v) is 30.8. The number of esters is 1. The summed E-state index contributed by atoms with van der Waals surface area (Å²) in [6, 6.07) is 16.1. The fourth-order valence-electron chi connectivity index (χ4n) is 13.6. The Kier molecular flexibility index (Phi) is 22.0. The van der Waals surface area contributed by atoms with Crippen LogP contribution in [-0.2, 0) is 24.8 Å². The van der Waals surface area contributed by atoms with Crippen molar-refractivity contribution in [1.29, 1.82) is 0 Å². The molecule has 3 fully saturated rings. The third-order valence-corrected chi connectivity index (χ3v) is 22.5. The molecule has 2 aromatic carbocycles. The Bertz CT molecular complexity index is 5910. The zero-order chi connectivity index (χ0) is 78.7. The van der Waals surface area contributed by atoms with E-state index >= 15 is 0 Å². The van der Waals surface area contributed by atoms with E-state index in [4.69, 9.17) is 19.7 Å². The topological polar surface area (TPSA) is 412 Å². The van der Waals surface area contributed by atoms with E-state index in [0.717, 1.165) is 126 Å². The number of nitrogens with two attached hydrogens (primary N) is 1. The summed E-state index contributed by atoms with van der Waals surface area (Å²) >= 11 is 0. The van der Waals surface area contributed by atoms with Crippen LogP contribution >= 0.6 is 0 Å². The van der Waals surface area contributed by atoms with Crippen LogP contribution in [0.1, 0.15) is 109 Å². The lowest BCUT2D eigenvalue weighted by Crippen LogP contribution is -2.35. The molecule has 13 aromatic rings. The number of pyridine rings is 3. The molecule has 0 spiro atoms. The van der Waals surface area contributed by atoms with Crippen molar-refractivity contribution in [3.8, 4) is 34.2 Å². The average Bonchev–Trinajstić information content (AvgIpc) is 1.59. The van der Waals surface area contributed by atoms with Crippen molar-refractivity contribution in [3.05, 3.63) is 192 Å². The van der Waals surface area contributed by atoms with Crippen molar-refractivity contribution in [2.24, 2.45) is 5.73 Å². The van der Waals surface area contributed by atoms with Crippen LogP contribution in [0.4, 0.5) is 55.8 Å². The number of methoxy groups -OCH3 is 1. The Morgan fingerprint density at radius 1 is 0.509 bits per heavy atom. The van der Waals surface area contributed by atoms with Gasteiger partial charge in [0.1, 0.15) is 35.6 Å². The van der Waals surface area contributed by atoms with Crippen molar-refractivity contribution < 1.29 is 71.4 Å². The molecule has 30 nitrogen and oxygen atoms in total. The zero-order valence-electron chi connectivity index (χ0n) is 59.7. The second kappa shape index (κ2) is 32.2. The molecule has 0 bridgehead atoms. The summed E-state index contributed by atoms with van der Waals surface area (Å²) < 4.78 is 157. The summed E-state index contributed by atoms with van der Waals surface area (Å²) in [5, 5.41) is 25.4. The van der Waals surface area contributed by atoms with Crippen molar-refractivity contribution in [1.82, 2.24) is 67.8 Å². The van der Waals surface area contributed by atoms with Crippen LogP contribution in [0, 0.1) is 48.8 Å². The highest BCUT2D eigenvalue weighted by Crippen LogP contribution is 2.37. The molecule has 0 saturated heterocycles. The Morgan fingerprint density at radius 3 is 1.33 bits per heavy atom. The minimum absolute atomic E-state index is 0.00948. The van der Waals surface area contributed by atoms with Crippen LogP contribution in [0.15, 0.2) is 154 Å². The lowest BCUT2D eigenvalue weighted by molar-refractivity contribution is 0.0593. The maximum Gasteiger partial charge on any atom is 0.360 e. The Hall–Kier alpha value is -12.5. The van der Waals surface area contributed by atoms with Crippen molar-refractivity contribution >= 4 is 94.6 Å². The normalized spacial score (nSPS) is 17.9. The molecular formula is C74H70F6N20O10S2. The number of ether oxygens (including phenoxy) is 1. The van der Waals surface area contributed by atoms with Gasteiger partial charge in [0.05, 0.1) is 54.1 Å². The highest BCUT2D eigenvalue weighted by Gasteiger charge is 2.32. The molecule has 16 rings (SSSR count). The van der Waals surface area contributed by atoms with E-state index in [1.54, 1.807) is 30.5 Å². The molecule has 0 aliphatic heterocycles. The molecule has 6 atom stereocenters. The van der Waals surface area contributed by atoms with Gasteiger partial charge in [-0.15, -0.1) is 0 Å². The first-order valence-electron chi connectivity index (χ1n) is 35.3. The molecule has 3 aliphatic rings. The van der Waals surface area contributed by atoms with E-state index < -0.39 is 66.9 Å². The molecule has 3 saturated carbocycles. The third-order valence-electron chi connectivity index (χ3n) is 19.1. The number of aromatic nitrogens is 14. The number of aryl methyl sites for hydroxylation is 2. The van der Waals surface area contributed by atoms with Gasteiger partial charge in [-0.3, -0.25) is 0 Å². The van der Waals surface area contributed by atoms with Crippen LogP contribution in [0.25, 0.3) is 67.3 Å². The second-order valence-electron chi connectivity index (χ2n) is 27.1. The van der Waals surface area contributed by atoms with Gasteiger partial charge in [-0.25, -0.2) is 106 Å². The third kappa shape index (κ3) is 16.8. The molecule has 0 radical (unpaired) electrons. The number of hydrogen-bond donors (Lipinski definition) is 8. The molecule has 112 heavy (non-hydrogen) atoms. The fraction of sp³-hybridized carbons (Fsp3) is 0.284. The van der Waals surface area contributed by atoms with E-state index in [-0.39, 0.29) is 138 Å². The number of nitrogens with one attached hydrogen (secondary N) is 6. The molecular weight excluding hydrogens is 1510 g/mol. The number of halogens is 6. The largest absolute Gasteiger partial charge is 0.476 e. The van der Waals surface area contributed by atoms with E-state index in [2.05, 4.69) is 91.1 Å². The fourth-order valence-corrected chi connectivity index (χ4v) is 16.3. The summed E-state index contributed by atoms with van der Waals surface area (Å²) in [6.45, 7) is 3.69. The van der Waals surface area contributed by atoms with Gasteiger partial charge in [0, 0.05) is 87.7 Å². The van der Waals surface area contributed by atoms with Crippen LogP contribution in [-0.4, -0.2) is 145 Å². The van der Waals surface area contributed by atoms with Crippen molar-refractivity contribution in [2.45, 2.75) is 137 Å². The molecule has 0 amide bonds. The molecule has 11 heterocycles. The number of aromatic amines is 1. The highest BCUT2D eigenvalue weighted by atomic mass is 32.2. The van der Waals surface area contributed by atoms with Crippen LogP contribution < -0.4 is 32.3 Å². The number of carbonyl (C=O) groups is 2. The maximum atomic E-state index is 15.0. The molecule has 9 N–H and O–H groups in total. The van der Waals surface area contributed by atoms with Crippen LogP contribution in [0.2, 0.25) is 0 Å². The lowest BCUT2D eigenvalue weighted by atomic mass is 9.91. The van der Waals surface area contributed by atoms with Gasteiger partial charge in [-0.2, -0.15) is 9.97 Å². The van der Waals surface area contributed by atoms with Gasteiger partial charge in [0.15, 0.2) is 75.1 Å². The smallest absolute Gasteiger partial charge is 0.360 e. The summed E-state index contributed by atoms with van der Waals surface area (Å²) in [5.74, 6) is -5.34. The summed E-state index contributed by atoms with van der Waals surface area (Å²) in [6.07, 6.45) is 21.8. The Balaban J connectivity index is 0.000000141. The highest BCUT2D eigenvalue weighted by molar-refractivity contribution is 7.90. The Labute approximate surface area is 633 Å². The van der Waals surface area contributed by atoms with Gasteiger partial charge in [-0.1, -0.05) is 35.4 Å². The molecule has 3 aliphatic carbocycles. The van der Waals surface area contributed by atoms with Crippen LogP contribution in [0.3, 0.4) is 0 Å². The van der Waals surface area contributed by atoms with Gasteiger partial charge < -0.3 is 56.0 Å². The first kappa shape index (κ1) is 76.3. The molecule has 11 aromatic heterocycles. The molecule has 38 heteroatoms. The molecule has 580 valence electrons. The standard InChI is InChI=1S/C29H27F2N7O5S.C24H24F2N6O2S.C21H19F2N7O3/c1-16-6-8-20(9-7-16)44(40,41)38-14-22(21-10-17(30)12-33-27(21)38)25-32-13-23(31)26(37-25)34-18-4-3-5-19(11-18)35-29-36-24(15-43-29)28(39)42-2;1-14-5-7-18(8-6-14)35(33,34)32-13-20(19-9-15(25)11-29-24(19)32)22-28-12-21(26)23(31-22)30-17-4-2-3-16(27)10-17;22-10-4-13-14(7-25-17(13)24-6-10)18-26-8-15(23)19(30-18)27-11-2-1-3-12(5-11)28-21-29-16(9-33-21)20(31)32/h6-10,12-15,18-19H,3-5,11H2,1-2H3,(H,35,36)(H,32,34,37);5-9,11-13,16-17H,2-4,10,27H2,1H3,(H,28,30,31);4,6-9,11-12H,1-3,5H2,(H,24,25)(H,28,29)(H,31,32)(H,26,27,30)/t18?,19-;16-,17?;11?,12-/m111/s1. The number of oxazole rings is 2. The summed E-state index contributed by atoms with van der Waals surface area (Å²) in [4.78, 5) is 70.9. The maximum absolute atomic E-state index is 15.0. The van der Waals surface area contributed by atoms with Crippen LogP contribution in [0.5, 0.6) is 0 Å². The van der Waals surface area contributed by atoms with E-state index in [1.807, 2.05) is 13.8 Å². The monoisotopic (exact) mass is 1580 g/mol. The number of carboxylic acids is 1. The number of rotatable bonds is 19. The number of hydrogen-bond acceptors (Lipinski definition) is 26. The number of nitrogens with zero attached hydrogens (tertiary/aromatic N) is 13. The predicted molar refractivity (Wildman–Crippen MR) is 398 cm³/mol. The van der Waals surface area contributed by atoms with E-state index in [9.17, 15) is 52.8 Å². The quantitative estimate of drug-likeness (QED) is 0.0275. The lowest BCUT2D eigenvalue weighted by Gasteiger charge is -2.30. The number of benzene rings is 2. The number of fused-ring (bicyclic) bond motifs is 3. The first-order chi connectivity index (χ1) is 53.8. The minimum atomic E-state index is -4.12. The zero-order valence-corrected chi connectivity index (χ0v) is 61.4. The van der Waals surface area contributed by atoms with Gasteiger partial charge in [-0.05, 0) is 133 Å². The summed E-state index contributed by atoms with van der Waals surface area (Å²) in [5.41, 5.74) is 9.07. The SMILES string of the molecule is COC(=O)c1coc(N[C@@H]2CCCC(Nc3nc(-c4cn(S(=O)(=O)c5ccc(C)cc5)c5ncc(F)cc45)ncc3F)C2)n1.Cc1ccc(S(=O)(=O)n2cc(-c3ncc(F)c(NC4CCC[C@@H](N)C4)n3)c3cc(F)cnc32)cc1.O=C(O)c1coc(N[C@@H]2CCCC(Nc3nc(-c4c[nH]c5ncc(F)cc45)ncc3F)C2)n1. The average molecular weight is 1580 g/mol. The summed E-state index contributed by atoms with van der Waals surface area (Å²) in [7, 11) is -6.93.